The molecule has 2 aromatic rings. The number of anilines is 1. The molecule has 2 heterocycles. The van der Waals surface area contributed by atoms with Crippen LogP contribution in [-0.2, 0) is 0 Å². The van der Waals surface area contributed by atoms with E-state index in [0.29, 0.717) is 24.3 Å². The number of nitrogens with zero attached hydrogens (tertiary/aromatic N) is 3. The zero-order valence-electron chi connectivity index (χ0n) is 11.3. The Morgan fingerprint density at radius 2 is 2.00 bits per heavy atom. The van der Waals surface area contributed by atoms with Crippen molar-refractivity contribution in [1.82, 2.24) is 4.98 Å². The van der Waals surface area contributed by atoms with E-state index in [1.165, 1.54) is 18.3 Å². The Labute approximate surface area is 122 Å². The Bertz CT molecular complexity index is 663. The zero-order chi connectivity index (χ0) is 14.8. The summed E-state index contributed by atoms with van der Waals surface area (Å²) < 4.78 is 13.0. The molecule has 0 aliphatic carbocycles. The SMILES string of the molecule is N#Cc1ccc(N2CC(O)CC2c2ccc(F)cc2)nc1. The smallest absolute Gasteiger partial charge is 0.129 e. The minimum absolute atomic E-state index is 0.0407. The lowest BCUT2D eigenvalue weighted by molar-refractivity contribution is 0.194. The monoisotopic (exact) mass is 283 g/mol. The second-order valence-electron chi connectivity index (χ2n) is 5.13. The first-order valence-corrected chi connectivity index (χ1v) is 6.73. The molecular formula is C16H14FN3O. The summed E-state index contributed by atoms with van der Waals surface area (Å²) in [6.07, 6.45) is 1.65. The van der Waals surface area contributed by atoms with Crippen LogP contribution in [0.3, 0.4) is 0 Å². The van der Waals surface area contributed by atoms with Gasteiger partial charge < -0.3 is 10.0 Å². The molecule has 0 radical (unpaired) electrons. The van der Waals surface area contributed by atoms with Crippen molar-refractivity contribution in [3.05, 3.63) is 59.5 Å². The fourth-order valence-electron chi connectivity index (χ4n) is 2.69. The molecule has 1 aromatic carbocycles. The van der Waals surface area contributed by atoms with Gasteiger partial charge in [0.25, 0.3) is 0 Å². The lowest BCUT2D eigenvalue weighted by Gasteiger charge is -2.25. The van der Waals surface area contributed by atoms with Gasteiger partial charge in [0.15, 0.2) is 0 Å². The first-order valence-electron chi connectivity index (χ1n) is 6.73. The molecule has 0 spiro atoms. The van der Waals surface area contributed by atoms with Crippen LogP contribution in [-0.4, -0.2) is 22.7 Å². The van der Waals surface area contributed by atoms with Crippen LogP contribution in [0.5, 0.6) is 0 Å². The summed E-state index contributed by atoms with van der Waals surface area (Å²) >= 11 is 0. The summed E-state index contributed by atoms with van der Waals surface area (Å²) in [6.45, 7) is 0.473. The molecule has 1 saturated heterocycles. The molecule has 2 atom stereocenters. The molecule has 0 saturated carbocycles. The van der Waals surface area contributed by atoms with Gasteiger partial charge in [-0.25, -0.2) is 9.37 Å². The molecule has 1 aliphatic rings. The van der Waals surface area contributed by atoms with Crippen molar-refractivity contribution in [1.29, 1.82) is 5.26 Å². The van der Waals surface area contributed by atoms with Gasteiger partial charge in [-0.15, -0.1) is 0 Å². The molecule has 1 fully saturated rings. The van der Waals surface area contributed by atoms with Gasteiger partial charge in [0.2, 0.25) is 0 Å². The quantitative estimate of drug-likeness (QED) is 0.919. The average molecular weight is 283 g/mol. The van der Waals surface area contributed by atoms with Crippen LogP contribution in [0.4, 0.5) is 10.2 Å². The van der Waals surface area contributed by atoms with Gasteiger partial charge in [-0.2, -0.15) is 5.26 Å². The number of aromatic nitrogens is 1. The van der Waals surface area contributed by atoms with E-state index in [1.54, 1.807) is 24.3 Å². The lowest BCUT2D eigenvalue weighted by Crippen LogP contribution is -2.25. The number of aliphatic hydroxyl groups is 1. The van der Waals surface area contributed by atoms with E-state index >= 15 is 0 Å². The molecular weight excluding hydrogens is 269 g/mol. The maximum absolute atomic E-state index is 13.0. The molecule has 1 N–H and O–H groups in total. The number of hydrogen-bond acceptors (Lipinski definition) is 4. The molecule has 2 unspecified atom stereocenters. The predicted molar refractivity (Wildman–Crippen MR) is 76.1 cm³/mol. The van der Waals surface area contributed by atoms with E-state index in [4.69, 9.17) is 5.26 Å². The van der Waals surface area contributed by atoms with E-state index in [-0.39, 0.29) is 11.9 Å². The van der Waals surface area contributed by atoms with Crippen LogP contribution in [0.25, 0.3) is 0 Å². The Balaban J connectivity index is 1.91. The van der Waals surface area contributed by atoms with Gasteiger partial charge in [0.1, 0.15) is 17.7 Å². The summed E-state index contributed by atoms with van der Waals surface area (Å²) in [4.78, 5) is 6.26. The van der Waals surface area contributed by atoms with Gasteiger partial charge >= 0.3 is 0 Å². The molecule has 4 nitrogen and oxygen atoms in total. The van der Waals surface area contributed by atoms with E-state index in [1.807, 2.05) is 11.0 Å². The molecule has 0 bridgehead atoms. The van der Waals surface area contributed by atoms with E-state index < -0.39 is 6.10 Å². The van der Waals surface area contributed by atoms with E-state index in [9.17, 15) is 9.50 Å². The van der Waals surface area contributed by atoms with Crippen LogP contribution < -0.4 is 4.90 Å². The highest BCUT2D eigenvalue weighted by Crippen LogP contribution is 2.35. The highest BCUT2D eigenvalue weighted by atomic mass is 19.1. The van der Waals surface area contributed by atoms with Gasteiger partial charge in [-0.05, 0) is 36.2 Å². The predicted octanol–water partition coefficient (Wildman–Crippen LogP) is 2.40. The number of pyridine rings is 1. The molecule has 1 aromatic heterocycles. The number of nitriles is 1. The van der Waals surface area contributed by atoms with E-state index in [2.05, 4.69) is 4.98 Å². The number of benzene rings is 1. The van der Waals surface area contributed by atoms with Gasteiger partial charge in [-0.1, -0.05) is 12.1 Å². The van der Waals surface area contributed by atoms with Crippen LogP contribution in [0.1, 0.15) is 23.6 Å². The fourth-order valence-corrected chi connectivity index (χ4v) is 2.69. The second-order valence-corrected chi connectivity index (χ2v) is 5.13. The summed E-state index contributed by atoms with van der Waals surface area (Å²) in [5, 5.41) is 18.8. The first kappa shape index (κ1) is 13.5. The summed E-state index contributed by atoms with van der Waals surface area (Å²) in [5.41, 5.74) is 1.44. The highest BCUT2D eigenvalue weighted by molar-refractivity contribution is 5.46. The van der Waals surface area contributed by atoms with Crippen LogP contribution in [0, 0.1) is 17.1 Å². The average Bonchev–Trinajstić information content (AvgIpc) is 2.90. The minimum atomic E-state index is -0.447. The Kier molecular flexibility index (Phi) is 3.55. The van der Waals surface area contributed by atoms with Crippen LogP contribution in [0.15, 0.2) is 42.6 Å². The second kappa shape index (κ2) is 5.51. The summed E-state index contributed by atoms with van der Waals surface area (Å²) in [7, 11) is 0. The van der Waals surface area contributed by atoms with Crippen molar-refractivity contribution in [2.24, 2.45) is 0 Å². The minimum Gasteiger partial charge on any atom is -0.391 e. The number of aliphatic hydroxyl groups excluding tert-OH is 1. The number of rotatable bonds is 2. The Hall–Kier alpha value is -2.45. The van der Waals surface area contributed by atoms with Crippen LogP contribution >= 0.6 is 0 Å². The maximum Gasteiger partial charge on any atom is 0.129 e. The Morgan fingerprint density at radius 1 is 1.24 bits per heavy atom. The number of hydrogen-bond donors (Lipinski definition) is 1. The first-order chi connectivity index (χ1) is 10.2. The number of β-amino-alcohol motifs (C(OH)–C–C–N with tert-alkyl or cyclic N) is 1. The molecule has 0 amide bonds. The third kappa shape index (κ3) is 2.71. The molecule has 1 aliphatic heterocycles. The van der Waals surface area contributed by atoms with Gasteiger partial charge in [0, 0.05) is 12.7 Å². The third-order valence-corrected chi connectivity index (χ3v) is 3.71. The van der Waals surface area contributed by atoms with E-state index in [0.717, 1.165) is 5.56 Å². The fraction of sp³-hybridized carbons (Fsp3) is 0.250. The number of halogens is 1. The van der Waals surface area contributed by atoms with Crippen molar-refractivity contribution in [2.45, 2.75) is 18.6 Å². The van der Waals surface area contributed by atoms with Crippen molar-refractivity contribution >= 4 is 5.82 Å². The summed E-state index contributed by atoms with van der Waals surface area (Å²) in [6, 6.07) is 11.8. The zero-order valence-corrected chi connectivity index (χ0v) is 11.3. The third-order valence-electron chi connectivity index (χ3n) is 3.71. The lowest BCUT2D eigenvalue weighted by atomic mass is 10.0. The van der Waals surface area contributed by atoms with Crippen molar-refractivity contribution in [2.75, 3.05) is 11.4 Å². The molecule has 21 heavy (non-hydrogen) atoms. The highest BCUT2D eigenvalue weighted by Gasteiger charge is 2.32. The molecule has 106 valence electrons. The van der Waals surface area contributed by atoms with Crippen LogP contribution in [0.2, 0.25) is 0 Å². The Morgan fingerprint density at radius 3 is 2.62 bits per heavy atom. The van der Waals surface area contributed by atoms with Gasteiger partial charge in [0.05, 0.1) is 17.7 Å². The molecule has 3 rings (SSSR count). The topological polar surface area (TPSA) is 60.2 Å². The normalized spacial score (nSPS) is 21.3. The standard InChI is InChI=1S/C16H14FN3O/c17-13-4-2-12(3-5-13)15-7-14(21)10-20(15)16-6-1-11(8-18)9-19-16/h1-6,9,14-15,21H,7,10H2. The van der Waals surface area contributed by atoms with Crippen molar-refractivity contribution in [3.63, 3.8) is 0 Å². The van der Waals surface area contributed by atoms with Crippen molar-refractivity contribution in [3.8, 4) is 6.07 Å². The van der Waals surface area contributed by atoms with Crippen molar-refractivity contribution < 1.29 is 9.50 Å². The largest absolute Gasteiger partial charge is 0.391 e. The maximum atomic E-state index is 13.0. The summed E-state index contributed by atoms with van der Waals surface area (Å²) in [5.74, 6) is 0.431. The molecule has 5 heteroatoms. The van der Waals surface area contributed by atoms with Gasteiger partial charge in [-0.3, -0.25) is 0 Å².